The number of halogens is 1. The number of esters is 1. The number of nitrogens with zero attached hydrogens (tertiary/aromatic N) is 1. The number of benzene rings is 1. The van der Waals surface area contributed by atoms with E-state index in [1.165, 1.54) is 0 Å². The van der Waals surface area contributed by atoms with Gasteiger partial charge in [0.25, 0.3) is 0 Å². The number of hydrogen-bond donors (Lipinski definition) is 0. The smallest absolute Gasteiger partial charge is 0.325 e. The molecular weight excluding hydrogens is 278 g/mol. The van der Waals surface area contributed by atoms with Crippen molar-refractivity contribution in [2.75, 3.05) is 26.8 Å². The molecule has 20 heavy (non-hydrogen) atoms. The summed E-state index contributed by atoms with van der Waals surface area (Å²) in [4.78, 5) is 13.8. The Morgan fingerprint density at radius 3 is 2.45 bits per heavy atom. The Morgan fingerprint density at radius 2 is 1.90 bits per heavy atom. The van der Waals surface area contributed by atoms with E-state index in [-0.39, 0.29) is 5.97 Å². The second-order valence-corrected chi connectivity index (χ2v) is 5.44. The topological polar surface area (TPSA) is 38.8 Å². The van der Waals surface area contributed by atoms with E-state index in [9.17, 15) is 4.79 Å². The highest BCUT2D eigenvalue weighted by Gasteiger charge is 2.33. The predicted molar refractivity (Wildman–Crippen MR) is 80.3 cm³/mol. The van der Waals surface area contributed by atoms with Gasteiger partial charge in [0.1, 0.15) is 17.9 Å². The summed E-state index contributed by atoms with van der Waals surface area (Å²) in [6.07, 6.45) is 0. The highest BCUT2D eigenvalue weighted by Crippen LogP contribution is 2.17. The van der Waals surface area contributed by atoms with Crippen molar-refractivity contribution in [3.05, 3.63) is 29.3 Å². The molecule has 0 bridgehead atoms. The summed E-state index contributed by atoms with van der Waals surface area (Å²) in [6.45, 7) is 6.98. The van der Waals surface area contributed by atoms with E-state index in [0.29, 0.717) is 24.8 Å². The molecular formula is C15H22ClNO3. The van der Waals surface area contributed by atoms with Crippen molar-refractivity contribution in [2.24, 2.45) is 0 Å². The molecule has 0 aliphatic rings. The maximum Gasteiger partial charge on any atom is 0.325 e. The molecule has 1 aromatic carbocycles. The summed E-state index contributed by atoms with van der Waals surface area (Å²) in [5.41, 5.74) is -0.667. The molecule has 0 N–H and O–H groups in total. The Balaban J connectivity index is 2.44. The maximum atomic E-state index is 11.9. The van der Waals surface area contributed by atoms with Crippen LogP contribution in [0.5, 0.6) is 5.75 Å². The van der Waals surface area contributed by atoms with Gasteiger partial charge < -0.3 is 9.47 Å². The number of hydrogen-bond acceptors (Lipinski definition) is 4. The van der Waals surface area contributed by atoms with Gasteiger partial charge in [-0.05, 0) is 52.1 Å². The van der Waals surface area contributed by atoms with Crippen LogP contribution in [0.4, 0.5) is 0 Å². The Morgan fingerprint density at radius 1 is 1.30 bits per heavy atom. The van der Waals surface area contributed by atoms with Gasteiger partial charge in [0.15, 0.2) is 0 Å². The maximum absolute atomic E-state index is 11.9. The second-order valence-electron chi connectivity index (χ2n) is 5.00. The van der Waals surface area contributed by atoms with Gasteiger partial charge in [0.05, 0.1) is 6.61 Å². The molecule has 0 aromatic heterocycles. The molecule has 0 unspecified atom stereocenters. The van der Waals surface area contributed by atoms with Gasteiger partial charge in [-0.15, -0.1) is 0 Å². The van der Waals surface area contributed by atoms with E-state index in [1.807, 2.05) is 37.9 Å². The van der Waals surface area contributed by atoms with E-state index in [2.05, 4.69) is 0 Å². The van der Waals surface area contributed by atoms with Crippen LogP contribution >= 0.6 is 11.6 Å². The van der Waals surface area contributed by atoms with E-state index >= 15 is 0 Å². The van der Waals surface area contributed by atoms with Crippen LogP contribution in [-0.2, 0) is 9.53 Å². The van der Waals surface area contributed by atoms with Crippen LogP contribution in [0, 0.1) is 0 Å². The van der Waals surface area contributed by atoms with Crippen LogP contribution in [0.3, 0.4) is 0 Å². The lowest BCUT2D eigenvalue weighted by Crippen LogP contribution is -2.50. The molecule has 0 saturated heterocycles. The minimum absolute atomic E-state index is 0.228. The molecule has 1 aromatic rings. The third kappa shape index (κ3) is 4.69. The molecule has 0 radical (unpaired) electrons. The predicted octanol–water partition coefficient (Wildman–Crippen LogP) is 2.99. The van der Waals surface area contributed by atoms with E-state index in [0.717, 1.165) is 5.75 Å². The van der Waals surface area contributed by atoms with E-state index in [1.54, 1.807) is 19.1 Å². The summed E-state index contributed by atoms with van der Waals surface area (Å²) in [5, 5.41) is 0.679. The van der Waals surface area contributed by atoms with Crippen LogP contribution in [-0.4, -0.2) is 43.2 Å². The fourth-order valence-electron chi connectivity index (χ4n) is 1.57. The molecule has 0 atom stereocenters. The van der Waals surface area contributed by atoms with Crippen LogP contribution in [0.2, 0.25) is 5.02 Å². The van der Waals surface area contributed by atoms with Crippen molar-refractivity contribution < 1.29 is 14.3 Å². The molecule has 0 heterocycles. The summed E-state index contributed by atoms with van der Waals surface area (Å²) in [5.74, 6) is 0.533. The van der Waals surface area contributed by atoms with Gasteiger partial charge in [-0.3, -0.25) is 9.69 Å². The van der Waals surface area contributed by atoms with Crippen molar-refractivity contribution in [1.82, 2.24) is 4.90 Å². The number of rotatable bonds is 7. The van der Waals surface area contributed by atoms with Crippen LogP contribution in [0.1, 0.15) is 20.8 Å². The molecule has 0 amide bonds. The molecule has 112 valence electrons. The average Bonchev–Trinajstić information content (AvgIpc) is 2.41. The SMILES string of the molecule is CCOC(=O)C(C)(C)N(C)CCOc1ccc(Cl)cc1. The molecule has 0 aliphatic carbocycles. The minimum Gasteiger partial charge on any atom is -0.492 e. The first-order valence-electron chi connectivity index (χ1n) is 6.64. The lowest BCUT2D eigenvalue weighted by Gasteiger charge is -2.32. The highest BCUT2D eigenvalue weighted by atomic mass is 35.5. The zero-order valence-corrected chi connectivity index (χ0v) is 13.2. The number of ether oxygens (including phenoxy) is 2. The summed E-state index contributed by atoms with van der Waals surface area (Å²) >= 11 is 5.81. The van der Waals surface area contributed by atoms with Gasteiger partial charge in [0, 0.05) is 11.6 Å². The fourth-order valence-corrected chi connectivity index (χ4v) is 1.70. The number of carbonyl (C=O) groups excluding carboxylic acids is 1. The zero-order chi connectivity index (χ0) is 15.2. The Kier molecular flexibility index (Phi) is 6.30. The fraction of sp³-hybridized carbons (Fsp3) is 0.533. The normalized spacial score (nSPS) is 11.5. The molecule has 0 saturated carbocycles. The molecule has 0 spiro atoms. The van der Waals surface area contributed by atoms with Crippen molar-refractivity contribution in [2.45, 2.75) is 26.3 Å². The van der Waals surface area contributed by atoms with Crippen molar-refractivity contribution in [3.63, 3.8) is 0 Å². The molecule has 1 rings (SSSR count). The summed E-state index contributed by atoms with van der Waals surface area (Å²) in [6, 6.07) is 7.20. The quantitative estimate of drug-likeness (QED) is 0.726. The summed E-state index contributed by atoms with van der Waals surface area (Å²) < 4.78 is 10.7. The lowest BCUT2D eigenvalue weighted by atomic mass is 10.0. The zero-order valence-electron chi connectivity index (χ0n) is 12.5. The number of likely N-dealkylation sites (N-methyl/N-ethyl adjacent to an activating group) is 1. The lowest BCUT2D eigenvalue weighted by molar-refractivity contribution is -0.155. The third-order valence-corrected chi connectivity index (χ3v) is 3.49. The minimum atomic E-state index is -0.667. The highest BCUT2D eigenvalue weighted by molar-refractivity contribution is 6.30. The Labute approximate surface area is 125 Å². The van der Waals surface area contributed by atoms with Gasteiger partial charge in [-0.25, -0.2) is 0 Å². The van der Waals surface area contributed by atoms with Gasteiger partial charge in [-0.1, -0.05) is 11.6 Å². The van der Waals surface area contributed by atoms with Crippen LogP contribution in [0.15, 0.2) is 24.3 Å². The Hall–Kier alpha value is -1.26. The van der Waals surface area contributed by atoms with E-state index < -0.39 is 5.54 Å². The van der Waals surface area contributed by atoms with Crippen molar-refractivity contribution >= 4 is 17.6 Å². The van der Waals surface area contributed by atoms with E-state index in [4.69, 9.17) is 21.1 Å². The van der Waals surface area contributed by atoms with Gasteiger partial charge >= 0.3 is 5.97 Å². The van der Waals surface area contributed by atoms with Crippen molar-refractivity contribution in [1.29, 1.82) is 0 Å². The average molecular weight is 300 g/mol. The second kappa shape index (κ2) is 7.50. The van der Waals surface area contributed by atoms with Crippen molar-refractivity contribution in [3.8, 4) is 5.75 Å². The molecule has 0 aliphatic heterocycles. The van der Waals surface area contributed by atoms with Gasteiger partial charge in [0.2, 0.25) is 0 Å². The van der Waals surface area contributed by atoms with Crippen LogP contribution < -0.4 is 4.74 Å². The summed E-state index contributed by atoms with van der Waals surface area (Å²) in [7, 11) is 1.88. The molecule has 0 fully saturated rings. The van der Waals surface area contributed by atoms with Gasteiger partial charge in [-0.2, -0.15) is 0 Å². The largest absolute Gasteiger partial charge is 0.492 e. The molecule has 4 nitrogen and oxygen atoms in total. The molecule has 5 heteroatoms. The number of carbonyl (C=O) groups is 1. The standard InChI is InChI=1S/C15H22ClNO3/c1-5-19-14(18)15(2,3)17(4)10-11-20-13-8-6-12(16)7-9-13/h6-9H,5,10-11H2,1-4H3. The first-order valence-corrected chi connectivity index (χ1v) is 7.02. The first-order chi connectivity index (χ1) is 9.37. The third-order valence-electron chi connectivity index (χ3n) is 3.24. The van der Waals surface area contributed by atoms with Crippen LogP contribution in [0.25, 0.3) is 0 Å². The Bertz CT molecular complexity index is 431. The first kappa shape index (κ1) is 16.8. The monoisotopic (exact) mass is 299 g/mol.